The lowest BCUT2D eigenvalue weighted by atomic mass is 10.0. The zero-order valence-electron chi connectivity index (χ0n) is 11.5. The van der Waals surface area contributed by atoms with Crippen molar-refractivity contribution in [3.8, 4) is 11.5 Å². The first-order valence-electron chi connectivity index (χ1n) is 6.64. The first-order valence-corrected chi connectivity index (χ1v) is 6.64. The van der Waals surface area contributed by atoms with Crippen LogP contribution in [0.15, 0.2) is 48.5 Å². The molecule has 0 spiro atoms. The van der Waals surface area contributed by atoms with Gasteiger partial charge in [-0.3, -0.25) is 0 Å². The van der Waals surface area contributed by atoms with E-state index in [-0.39, 0.29) is 5.75 Å². The molecule has 2 heteroatoms. The highest BCUT2D eigenvalue weighted by molar-refractivity contribution is 5.45. The van der Waals surface area contributed by atoms with Gasteiger partial charge in [-0.1, -0.05) is 56.3 Å². The molecule has 0 bridgehead atoms. The molecule has 0 saturated carbocycles. The highest BCUT2D eigenvalue weighted by atomic mass is 16.5. The quantitative estimate of drug-likeness (QED) is 0.870. The molecule has 2 aromatic rings. The average molecular weight is 256 g/mol. The smallest absolute Gasteiger partial charge is 0.161 e. The second kappa shape index (κ2) is 6.28. The zero-order valence-corrected chi connectivity index (χ0v) is 11.5. The van der Waals surface area contributed by atoms with Crippen LogP contribution in [0.1, 0.15) is 25.0 Å². The van der Waals surface area contributed by atoms with Gasteiger partial charge in [0.15, 0.2) is 11.5 Å². The summed E-state index contributed by atoms with van der Waals surface area (Å²) in [5.41, 5.74) is 2.04. The summed E-state index contributed by atoms with van der Waals surface area (Å²) >= 11 is 0. The van der Waals surface area contributed by atoms with Gasteiger partial charge in [-0.05, 0) is 29.5 Å². The zero-order chi connectivity index (χ0) is 13.7. The van der Waals surface area contributed by atoms with E-state index in [4.69, 9.17) is 4.74 Å². The maximum atomic E-state index is 10.2. The third-order valence-electron chi connectivity index (χ3n) is 2.95. The van der Waals surface area contributed by atoms with Crippen LogP contribution in [0.5, 0.6) is 11.5 Å². The van der Waals surface area contributed by atoms with Crippen LogP contribution < -0.4 is 4.74 Å². The molecular weight excluding hydrogens is 236 g/mol. The fourth-order valence-corrected chi connectivity index (χ4v) is 2.02. The van der Waals surface area contributed by atoms with Gasteiger partial charge < -0.3 is 9.84 Å². The lowest BCUT2D eigenvalue weighted by Crippen LogP contribution is -1.98. The Morgan fingerprint density at radius 3 is 2.42 bits per heavy atom. The van der Waals surface area contributed by atoms with E-state index in [0.29, 0.717) is 18.3 Å². The Bertz CT molecular complexity index is 518. The van der Waals surface area contributed by atoms with Crippen LogP contribution in [-0.2, 0) is 13.0 Å². The summed E-state index contributed by atoms with van der Waals surface area (Å²) in [4.78, 5) is 0. The first-order chi connectivity index (χ1) is 9.16. The van der Waals surface area contributed by atoms with E-state index in [9.17, 15) is 5.11 Å². The second-order valence-corrected chi connectivity index (χ2v) is 5.14. The van der Waals surface area contributed by atoms with E-state index in [1.165, 1.54) is 0 Å². The molecule has 0 aliphatic carbocycles. The number of phenolic OH excluding ortho intramolecular Hbond substituents is 1. The molecule has 0 aliphatic rings. The molecule has 0 atom stereocenters. The molecule has 0 unspecified atom stereocenters. The number of hydrogen-bond donors (Lipinski definition) is 1. The van der Waals surface area contributed by atoms with Crippen molar-refractivity contribution in [2.24, 2.45) is 5.92 Å². The van der Waals surface area contributed by atoms with Crippen LogP contribution in [0, 0.1) is 5.92 Å². The maximum Gasteiger partial charge on any atom is 0.161 e. The number of hydrogen-bond acceptors (Lipinski definition) is 2. The summed E-state index contributed by atoms with van der Waals surface area (Å²) in [6.45, 7) is 4.74. The first kappa shape index (κ1) is 13.5. The van der Waals surface area contributed by atoms with Gasteiger partial charge in [0.25, 0.3) is 0 Å². The fourth-order valence-electron chi connectivity index (χ4n) is 2.02. The standard InChI is InChI=1S/C17H20O2/c1-13(2)11-15-9-6-10-16(17(15)18)19-12-14-7-4-3-5-8-14/h3-10,13,18H,11-12H2,1-2H3. The summed E-state index contributed by atoms with van der Waals surface area (Å²) in [6, 6.07) is 15.6. The molecular formula is C17H20O2. The summed E-state index contributed by atoms with van der Waals surface area (Å²) in [5, 5.41) is 10.2. The molecule has 0 amide bonds. The van der Waals surface area contributed by atoms with Crippen molar-refractivity contribution in [1.82, 2.24) is 0 Å². The van der Waals surface area contributed by atoms with Crippen LogP contribution >= 0.6 is 0 Å². The predicted molar refractivity (Wildman–Crippen MR) is 77.4 cm³/mol. The lowest BCUT2D eigenvalue weighted by Gasteiger charge is -2.12. The van der Waals surface area contributed by atoms with Gasteiger partial charge in [0.05, 0.1) is 0 Å². The summed E-state index contributed by atoms with van der Waals surface area (Å²) < 4.78 is 5.70. The molecule has 100 valence electrons. The Morgan fingerprint density at radius 2 is 1.74 bits per heavy atom. The van der Waals surface area contributed by atoms with Gasteiger partial charge in [0, 0.05) is 0 Å². The summed E-state index contributed by atoms with van der Waals surface area (Å²) in [6.07, 6.45) is 0.856. The van der Waals surface area contributed by atoms with Gasteiger partial charge in [-0.2, -0.15) is 0 Å². The summed E-state index contributed by atoms with van der Waals surface area (Å²) in [5.74, 6) is 1.34. The van der Waals surface area contributed by atoms with Crippen molar-refractivity contribution >= 4 is 0 Å². The van der Waals surface area contributed by atoms with Crippen LogP contribution in [-0.4, -0.2) is 5.11 Å². The lowest BCUT2D eigenvalue weighted by molar-refractivity contribution is 0.287. The van der Waals surface area contributed by atoms with Crippen LogP contribution in [0.3, 0.4) is 0 Å². The third-order valence-corrected chi connectivity index (χ3v) is 2.95. The Labute approximate surface area is 114 Å². The minimum atomic E-state index is 0.270. The molecule has 19 heavy (non-hydrogen) atoms. The van der Waals surface area contributed by atoms with Crippen LogP contribution in [0.2, 0.25) is 0 Å². The predicted octanol–water partition coefficient (Wildman–Crippen LogP) is 4.17. The number of para-hydroxylation sites is 1. The van der Waals surface area contributed by atoms with E-state index < -0.39 is 0 Å². The number of benzene rings is 2. The van der Waals surface area contributed by atoms with Crippen molar-refractivity contribution in [1.29, 1.82) is 0 Å². The molecule has 0 radical (unpaired) electrons. The third kappa shape index (κ3) is 3.75. The number of rotatable bonds is 5. The monoisotopic (exact) mass is 256 g/mol. The van der Waals surface area contributed by atoms with Crippen molar-refractivity contribution < 1.29 is 9.84 Å². The van der Waals surface area contributed by atoms with Crippen molar-refractivity contribution in [2.45, 2.75) is 26.9 Å². The minimum Gasteiger partial charge on any atom is -0.504 e. The Morgan fingerprint density at radius 1 is 1.00 bits per heavy atom. The molecule has 1 N–H and O–H groups in total. The van der Waals surface area contributed by atoms with E-state index in [1.54, 1.807) is 0 Å². The van der Waals surface area contributed by atoms with E-state index in [0.717, 1.165) is 17.5 Å². The van der Waals surface area contributed by atoms with Gasteiger partial charge in [0.1, 0.15) is 6.61 Å². The number of aromatic hydroxyl groups is 1. The van der Waals surface area contributed by atoms with Crippen molar-refractivity contribution in [3.63, 3.8) is 0 Å². The molecule has 0 fully saturated rings. The Kier molecular flexibility index (Phi) is 4.45. The number of ether oxygens (including phenoxy) is 1. The Balaban J connectivity index is 2.08. The normalized spacial score (nSPS) is 10.7. The highest BCUT2D eigenvalue weighted by Crippen LogP contribution is 2.31. The van der Waals surface area contributed by atoms with Crippen molar-refractivity contribution in [3.05, 3.63) is 59.7 Å². The highest BCUT2D eigenvalue weighted by Gasteiger charge is 2.09. The van der Waals surface area contributed by atoms with E-state index in [2.05, 4.69) is 13.8 Å². The molecule has 2 rings (SSSR count). The average Bonchev–Trinajstić information content (AvgIpc) is 2.40. The molecule has 2 aromatic carbocycles. The molecule has 0 saturated heterocycles. The fraction of sp³-hybridized carbons (Fsp3) is 0.294. The maximum absolute atomic E-state index is 10.2. The number of phenols is 1. The minimum absolute atomic E-state index is 0.270. The van der Waals surface area contributed by atoms with Gasteiger partial charge >= 0.3 is 0 Å². The van der Waals surface area contributed by atoms with Gasteiger partial charge in [0.2, 0.25) is 0 Å². The SMILES string of the molecule is CC(C)Cc1cccc(OCc2ccccc2)c1O. The van der Waals surface area contributed by atoms with Crippen LogP contribution in [0.4, 0.5) is 0 Å². The van der Waals surface area contributed by atoms with E-state index in [1.807, 2.05) is 48.5 Å². The van der Waals surface area contributed by atoms with Crippen LogP contribution in [0.25, 0.3) is 0 Å². The molecule has 0 aliphatic heterocycles. The molecule has 2 nitrogen and oxygen atoms in total. The molecule has 0 aromatic heterocycles. The summed E-state index contributed by atoms with van der Waals surface area (Å²) in [7, 11) is 0. The molecule has 0 heterocycles. The Hall–Kier alpha value is -1.96. The topological polar surface area (TPSA) is 29.5 Å². The van der Waals surface area contributed by atoms with E-state index >= 15 is 0 Å². The van der Waals surface area contributed by atoms with Gasteiger partial charge in [-0.15, -0.1) is 0 Å². The second-order valence-electron chi connectivity index (χ2n) is 5.14. The largest absolute Gasteiger partial charge is 0.504 e. The van der Waals surface area contributed by atoms with Gasteiger partial charge in [-0.25, -0.2) is 0 Å². The van der Waals surface area contributed by atoms with Crippen molar-refractivity contribution in [2.75, 3.05) is 0 Å².